The summed E-state index contributed by atoms with van der Waals surface area (Å²) in [7, 11) is 0. The first-order valence-electron chi connectivity index (χ1n) is 6.49. The molecule has 0 saturated heterocycles. The Morgan fingerprint density at radius 1 is 1.42 bits per heavy atom. The van der Waals surface area contributed by atoms with Gasteiger partial charge >= 0.3 is 0 Å². The maximum atomic E-state index is 13.8. The lowest BCUT2D eigenvalue weighted by Gasteiger charge is -2.16. The zero-order chi connectivity index (χ0) is 14.0. The van der Waals surface area contributed by atoms with Crippen molar-refractivity contribution in [3.63, 3.8) is 0 Å². The number of hydrogen-bond acceptors (Lipinski definition) is 2. The predicted octanol–water partition coefficient (Wildman–Crippen LogP) is 2.13. The molecule has 0 bridgehead atoms. The van der Waals surface area contributed by atoms with Gasteiger partial charge in [-0.05, 0) is 37.3 Å². The third-order valence-corrected chi connectivity index (χ3v) is 3.75. The minimum absolute atomic E-state index is 0.0625. The van der Waals surface area contributed by atoms with Crippen molar-refractivity contribution in [1.29, 1.82) is 0 Å². The van der Waals surface area contributed by atoms with Crippen molar-refractivity contribution in [3.05, 3.63) is 34.9 Å². The lowest BCUT2D eigenvalue weighted by atomic mass is 10.0. The summed E-state index contributed by atoms with van der Waals surface area (Å²) in [6, 6.07) is 2.48. The molecule has 19 heavy (non-hydrogen) atoms. The zero-order valence-corrected chi connectivity index (χ0v) is 10.9. The van der Waals surface area contributed by atoms with Gasteiger partial charge in [0.25, 0.3) is 5.91 Å². The van der Waals surface area contributed by atoms with E-state index >= 15 is 0 Å². The van der Waals surface area contributed by atoms with E-state index in [2.05, 4.69) is 5.32 Å². The summed E-state index contributed by atoms with van der Waals surface area (Å²) in [5.41, 5.74) is 5.63. The SMILES string of the molecule is Cc1ccc(F)c(C(=O)NCC2CCCC2N)c1F. The van der Waals surface area contributed by atoms with Crippen molar-refractivity contribution in [2.24, 2.45) is 11.7 Å². The van der Waals surface area contributed by atoms with Crippen molar-refractivity contribution >= 4 is 5.91 Å². The number of halogens is 2. The van der Waals surface area contributed by atoms with Crippen molar-refractivity contribution in [2.75, 3.05) is 6.54 Å². The topological polar surface area (TPSA) is 55.1 Å². The Bertz CT molecular complexity index is 491. The van der Waals surface area contributed by atoms with Gasteiger partial charge in [0.05, 0.1) is 0 Å². The molecule has 2 atom stereocenters. The zero-order valence-electron chi connectivity index (χ0n) is 10.9. The number of rotatable bonds is 3. The van der Waals surface area contributed by atoms with Gasteiger partial charge in [0, 0.05) is 12.6 Å². The van der Waals surface area contributed by atoms with Crippen LogP contribution in [0, 0.1) is 24.5 Å². The highest BCUT2D eigenvalue weighted by Crippen LogP contribution is 2.23. The summed E-state index contributed by atoms with van der Waals surface area (Å²) in [6.45, 7) is 1.87. The minimum Gasteiger partial charge on any atom is -0.352 e. The Morgan fingerprint density at radius 3 is 2.79 bits per heavy atom. The standard InChI is InChI=1S/C14H18F2N2O/c1-8-5-6-10(15)12(13(8)16)14(19)18-7-9-3-2-4-11(9)17/h5-6,9,11H,2-4,7,17H2,1H3,(H,18,19). The van der Waals surface area contributed by atoms with Gasteiger partial charge in [-0.2, -0.15) is 0 Å². The summed E-state index contributed by atoms with van der Waals surface area (Å²) in [5, 5.41) is 2.58. The summed E-state index contributed by atoms with van der Waals surface area (Å²) >= 11 is 0. The molecule has 2 rings (SSSR count). The van der Waals surface area contributed by atoms with E-state index in [0.29, 0.717) is 6.54 Å². The van der Waals surface area contributed by atoms with Gasteiger partial charge in [0.1, 0.15) is 17.2 Å². The Balaban J connectivity index is 2.06. The summed E-state index contributed by atoms with van der Waals surface area (Å²) in [5.74, 6) is -2.15. The van der Waals surface area contributed by atoms with Crippen LogP contribution in [0.1, 0.15) is 35.2 Å². The van der Waals surface area contributed by atoms with E-state index in [0.717, 1.165) is 25.3 Å². The first-order valence-corrected chi connectivity index (χ1v) is 6.49. The first-order chi connectivity index (χ1) is 9.00. The number of hydrogen-bond donors (Lipinski definition) is 2. The normalized spacial score (nSPS) is 22.5. The molecule has 0 radical (unpaired) electrons. The first kappa shape index (κ1) is 13.9. The number of benzene rings is 1. The van der Waals surface area contributed by atoms with Crippen LogP contribution in [0.5, 0.6) is 0 Å². The Morgan fingerprint density at radius 2 is 2.16 bits per heavy atom. The van der Waals surface area contributed by atoms with Crippen LogP contribution in [0.25, 0.3) is 0 Å². The second kappa shape index (κ2) is 5.65. The minimum atomic E-state index is -0.837. The Labute approximate surface area is 111 Å². The number of nitrogens with two attached hydrogens (primary N) is 1. The summed E-state index contributed by atoms with van der Waals surface area (Å²) in [4.78, 5) is 11.9. The summed E-state index contributed by atoms with van der Waals surface area (Å²) in [6.07, 6.45) is 2.92. The van der Waals surface area contributed by atoms with Crippen molar-refractivity contribution in [2.45, 2.75) is 32.2 Å². The van der Waals surface area contributed by atoms with E-state index < -0.39 is 23.1 Å². The second-order valence-electron chi connectivity index (χ2n) is 5.12. The van der Waals surface area contributed by atoms with E-state index in [4.69, 9.17) is 5.73 Å². The molecule has 0 heterocycles. The molecule has 3 nitrogen and oxygen atoms in total. The highest BCUT2D eigenvalue weighted by molar-refractivity contribution is 5.95. The molecule has 1 aliphatic carbocycles. The van der Waals surface area contributed by atoms with Gasteiger partial charge in [-0.1, -0.05) is 12.5 Å². The number of aryl methyl sites for hydroxylation is 1. The third-order valence-electron chi connectivity index (χ3n) is 3.75. The fourth-order valence-corrected chi connectivity index (χ4v) is 2.50. The molecule has 104 valence electrons. The van der Waals surface area contributed by atoms with Crippen LogP contribution in [-0.4, -0.2) is 18.5 Å². The molecule has 1 aromatic carbocycles. The molecule has 0 spiro atoms. The lowest BCUT2D eigenvalue weighted by molar-refractivity contribution is 0.0938. The molecular weight excluding hydrogens is 250 g/mol. The Hall–Kier alpha value is -1.49. The molecule has 0 aromatic heterocycles. The molecule has 0 aliphatic heterocycles. The van der Waals surface area contributed by atoms with Gasteiger partial charge in [-0.3, -0.25) is 4.79 Å². The average molecular weight is 268 g/mol. The number of carbonyl (C=O) groups excluding carboxylic acids is 1. The van der Waals surface area contributed by atoms with E-state index in [1.165, 1.54) is 13.0 Å². The van der Waals surface area contributed by atoms with E-state index in [-0.39, 0.29) is 17.5 Å². The molecular formula is C14H18F2N2O. The van der Waals surface area contributed by atoms with E-state index in [1.807, 2.05) is 0 Å². The van der Waals surface area contributed by atoms with Gasteiger partial charge < -0.3 is 11.1 Å². The highest BCUT2D eigenvalue weighted by Gasteiger charge is 2.25. The smallest absolute Gasteiger partial charge is 0.257 e. The molecule has 1 fully saturated rings. The summed E-state index contributed by atoms with van der Waals surface area (Å²) < 4.78 is 27.3. The molecule has 1 aliphatic rings. The quantitative estimate of drug-likeness (QED) is 0.882. The largest absolute Gasteiger partial charge is 0.352 e. The van der Waals surface area contributed by atoms with Crippen molar-refractivity contribution in [3.8, 4) is 0 Å². The van der Waals surface area contributed by atoms with Gasteiger partial charge in [0.15, 0.2) is 0 Å². The van der Waals surface area contributed by atoms with Crippen LogP contribution in [0.15, 0.2) is 12.1 Å². The Kier molecular flexibility index (Phi) is 4.14. The fraction of sp³-hybridized carbons (Fsp3) is 0.500. The monoisotopic (exact) mass is 268 g/mol. The molecule has 1 amide bonds. The van der Waals surface area contributed by atoms with E-state index in [1.54, 1.807) is 0 Å². The van der Waals surface area contributed by atoms with E-state index in [9.17, 15) is 13.6 Å². The third kappa shape index (κ3) is 2.92. The van der Waals surface area contributed by atoms with Crippen molar-refractivity contribution in [1.82, 2.24) is 5.32 Å². The molecule has 5 heteroatoms. The van der Waals surface area contributed by atoms with Crippen LogP contribution in [0.2, 0.25) is 0 Å². The maximum Gasteiger partial charge on any atom is 0.257 e. The molecule has 1 saturated carbocycles. The molecule has 2 unspecified atom stereocenters. The van der Waals surface area contributed by atoms with Crippen molar-refractivity contribution < 1.29 is 13.6 Å². The van der Waals surface area contributed by atoms with Crippen LogP contribution in [0.3, 0.4) is 0 Å². The lowest BCUT2D eigenvalue weighted by Crippen LogP contribution is -2.36. The maximum absolute atomic E-state index is 13.8. The van der Waals surface area contributed by atoms with Gasteiger partial charge in [-0.25, -0.2) is 8.78 Å². The van der Waals surface area contributed by atoms with Gasteiger partial charge in [-0.15, -0.1) is 0 Å². The van der Waals surface area contributed by atoms with Gasteiger partial charge in [0.2, 0.25) is 0 Å². The van der Waals surface area contributed by atoms with Crippen LogP contribution in [-0.2, 0) is 0 Å². The average Bonchev–Trinajstić information content (AvgIpc) is 2.77. The second-order valence-corrected chi connectivity index (χ2v) is 5.12. The predicted molar refractivity (Wildman–Crippen MR) is 68.7 cm³/mol. The number of nitrogens with one attached hydrogen (secondary N) is 1. The molecule has 3 N–H and O–H groups in total. The van der Waals surface area contributed by atoms with Crippen LogP contribution >= 0.6 is 0 Å². The number of carbonyl (C=O) groups is 1. The molecule has 1 aromatic rings. The van der Waals surface area contributed by atoms with Crippen LogP contribution in [0.4, 0.5) is 8.78 Å². The van der Waals surface area contributed by atoms with Crippen LogP contribution < -0.4 is 11.1 Å². The highest BCUT2D eigenvalue weighted by atomic mass is 19.1. The fourth-order valence-electron chi connectivity index (χ4n) is 2.50. The number of amides is 1.